The minimum Gasteiger partial charge on any atom is -0.310 e. The second kappa shape index (κ2) is 5.92. The lowest BCUT2D eigenvalue weighted by molar-refractivity contribution is 0.375. The normalized spacial score (nSPS) is 29.8. The molecule has 102 valence electrons. The quantitative estimate of drug-likeness (QED) is 0.746. The SMILES string of the molecule is CCCC(NCC1CC2C=CC1C2)c1ccccc1. The Balaban J connectivity index is 1.58. The van der Waals surface area contributed by atoms with Crippen molar-refractivity contribution in [2.75, 3.05) is 6.54 Å². The standard InChI is InChI=1S/C18H25N/c1-2-6-18(15-7-4-3-5-8-15)19-13-17-12-14-9-10-16(17)11-14/h3-5,7-10,14,16-19H,2,6,11-13H2,1H3. The molecule has 0 saturated heterocycles. The van der Waals surface area contributed by atoms with Crippen molar-refractivity contribution in [2.45, 2.75) is 38.6 Å². The van der Waals surface area contributed by atoms with E-state index in [0.29, 0.717) is 6.04 Å². The highest BCUT2D eigenvalue weighted by atomic mass is 14.9. The molecule has 1 saturated carbocycles. The van der Waals surface area contributed by atoms with E-state index in [1.165, 1.54) is 37.8 Å². The zero-order valence-electron chi connectivity index (χ0n) is 11.9. The molecule has 0 amide bonds. The third kappa shape index (κ3) is 2.92. The van der Waals surface area contributed by atoms with E-state index in [0.717, 1.165) is 17.8 Å². The van der Waals surface area contributed by atoms with Crippen LogP contribution in [0.25, 0.3) is 0 Å². The fourth-order valence-corrected chi connectivity index (χ4v) is 3.78. The van der Waals surface area contributed by atoms with Crippen LogP contribution in [0.3, 0.4) is 0 Å². The van der Waals surface area contributed by atoms with Gasteiger partial charge in [-0.3, -0.25) is 0 Å². The van der Waals surface area contributed by atoms with Gasteiger partial charge in [-0.1, -0.05) is 55.8 Å². The fourth-order valence-electron chi connectivity index (χ4n) is 3.78. The van der Waals surface area contributed by atoms with Crippen molar-refractivity contribution >= 4 is 0 Å². The first-order valence-corrected chi connectivity index (χ1v) is 7.83. The molecule has 1 nitrogen and oxygen atoms in total. The number of nitrogens with one attached hydrogen (secondary N) is 1. The third-order valence-corrected chi connectivity index (χ3v) is 4.82. The Morgan fingerprint density at radius 1 is 1.16 bits per heavy atom. The monoisotopic (exact) mass is 255 g/mol. The van der Waals surface area contributed by atoms with Gasteiger partial charge in [-0.25, -0.2) is 0 Å². The van der Waals surface area contributed by atoms with Crippen LogP contribution in [0.2, 0.25) is 0 Å². The molecule has 0 spiro atoms. The molecule has 0 radical (unpaired) electrons. The van der Waals surface area contributed by atoms with Gasteiger partial charge in [0.15, 0.2) is 0 Å². The van der Waals surface area contributed by atoms with Crippen molar-refractivity contribution in [1.29, 1.82) is 0 Å². The summed E-state index contributed by atoms with van der Waals surface area (Å²) in [6.45, 7) is 3.46. The molecule has 1 fully saturated rings. The van der Waals surface area contributed by atoms with E-state index in [9.17, 15) is 0 Å². The lowest BCUT2D eigenvalue weighted by Gasteiger charge is -2.24. The van der Waals surface area contributed by atoms with Gasteiger partial charge in [0, 0.05) is 6.04 Å². The summed E-state index contributed by atoms with van der Waals surface area (Å²) in [5, 5.41) is 3.83. The maximum atomic E-state index is 3.83. The molecule has 19 heavy (non-hydrogen) atoms. The first-order valence-electron chi connectivity index (χ1n) is 7.83. The predicted molar refractivity (Wildman–Crippen MR) is 80.9 cm³/mol. The van der Waals surface area contributed by atoms with Crippen molar-refractivity contribution in [3.63, 3.8) is 0 Å². The number of benzene rings is 1. The maximum absolute atomic E-state index is 3.83. The second-order valence-electron chi connectivity index (χ2n) is 6.20. The number of hydrogen-bond acceptors (Lipinski definition) is 1. The largest absolute Gasteiger partial charge is 0.310 e. The molecular weight excluding hydrogens is 230 g/mol. The van der Waals surface area contributed by atoms with E-state index < -0.39 is 0 Å². The summed E-state index contributed by atoms with van der Waals surface area (Å²) in [7, 11) is 0. The van der Waals surface area contributed by atoms with E-state index >= 15 is 0 Å². The van der Waals surface area contributed by atoms with Gasteiger partial charge in [-0.2, -0.15) is 0 Å². The summed E-state index contributed by atoms with van der Waals surface area (Å²) < 4.78 is 0. The molecule has 0 heterocycles. The van der Waals surface area contributed by atoms with Crippen molar-refractivity contribution < 1.29 is 0 Å². The summed E-state index contributed by atoms with van der Waals surface area (Å²) in [4.78, 5) is 0. The Hall–Kier alpha value is -1.08. The van der Waals surface area contributed by atoms with Crippen LogP contribution in [0, 0.1) is 17.8 Å². The van der Waals surface area contributed by atoms with Crippen LogP contribution >= 0.6 is 0 Å². The summed E-state index contributed by atoms with van der Waals surface area (Å²) in [5.74, 6) is 2.62. The second-order valence-corrected chi connectivity index (χ2v) is 6.20. The Kier molecular flexibility index (Phi) is 4.03. The summed E-state index contributed by atoms with van der Waals surface area (Å²) in [6.07, 6.45) is 10.2. The average Bonchev–Trinajstić information content (AvgIpc) is 3.07. The highest BCUT2D eigenvalue weighted by Crippen LogP contribution is 2.43. The van der Waals surface area contributed by atoms with E-state index in [-0.39, 0.29) is 0 Å². The highest BCUT2D eigenvalue weighted by molar-refractivity contribution is 5.19. The van der Waals surface area contributed by atoms with Gasteiger partial charge in [-0.05, 0) is 49.1 Å². The van der Waals surface area contributed by atoms with Crippen LogP contribution in [-0.4, -0.2) is 6.54 Å². The Labute approximate surface area is 117 Å². The number of allylic oxidation sites excluding steroid dienone is 2. The van der Waals surface area contributed by atoms with Gasteiger partial charge in [0.1, 0.15) is 0 Å². The molecule has 2 aliphatic carbocycles. The zero-order chi connectivity index (χ0) is 13.1. The van der Waals surface area contributed by atoms with Crippen molar-refractivity contribution in [2.24, 2.45) is 17.8 Å². The third-order valence-electron chi connectivity index (χ3n) is 4.82. The summed E-state index contributed by atoms with van der Waals surface area (Å²) >= 11 is 0. The van der Waals surface area contributed by atoms with Crippen molar-refractivity contribution in [3.05, 3.63) is 48.0 Å². The van der Waals surface area contributed by atoms with Crippen LogP contribution < -0.4 is 5.32 Å². The van der Waals surface area contributed by atoms with Gasteiger partial charge < -0.3 is 5.32 Å². The minimum absolute atomic E-state index is 0.536. The summed E-state index contributed by atoms with van der Waals surface area (Å²) in [6, 6.07) is 11.5. The first kappa shape index (κ1) is 12.9. The van der Waals surface area contributed by atoms with Crippen LogP contribution in [0.1, 0.15) is 44.2 Å². The Morgan fingerprint density at radius 3 is 2.63 bits per heavy atom. The van der Waals surface area contributed by atoms with Gasteiger partial charge >= 0.3 is 0 Å². The van der Waals surface area contributed by atoms with Crippen molar-refractivity contribution in [1.82, 2.24) is 5.32 Å². The molecule has 4 atom stereocenters. The van der Waals surface area contributed by atoms with Crippen LogP contribution in [0.4, 0.5) is 0 Å². The molecule has 2 aliphatic rings. The molecule has 0 aliphatic heterocycles. The van der Waals surface area contributed by atoms with Crippen LogP contribution in [0.5, 0.6) is 0 Å². The van der Waals surface area contributed by atoms with E-state index in [2.05, 4.69) is 54.7 Å². The van der Waals surface area contributed by atoms with Gasteiger partial charge in [0.25, 0.3) is 0 Å². The summed E-state index contributed by atoms with van der Waals surface area (Å²) in [5.41, 5.74) is 1.45. The van der Waals surface area contributed by atoms with Crippen LogP contribution in [-0.2, 0) is 0 Å². The molecule has 1 aromatic carbocycles. The molecule has 4 unspecified atom stereocenters. The topological polar surface area (TPSA) is 12.0 Å². The number of fused-ring (bicyclic) bond motifs is 2. The molecule has 3 rings (SSSR count). The highest BCUT2D eigenvalue weighted by Gasteiger charge is 2.35. The predicted octanol–water partition coefficient (Wildman–Crippen LogP) is 4.33. The lowest BCUT2D eigenvalue weighted by atomic mass is 9.92. The minimum atomic E-state index is 0.536. The Morgan fingerprint density at radius 2 is 2.00 bits per heavy atom. The average molecular weight is 255 g/mol. The molecular formula is C18H25N. The zero-order valence-corrected chi connectivity index (χ0v) is 11.9. The number of hydrogen-bond donors (Lipinski definition) is 1. The van der Waals surface area contributed by atoms with Crippen LogP contribution in [0.15, 0.2) is 42.5 Å². The Bertz CT molecular complexity index is 423. The van der Waals surface area contributed by atoms with Gasteiger partial charge in [0.05, 0.1) is 0 Å². The van der Waals surface area contributed by atoms with E-state index in [1.807, 2.05) is 0 Å². The fraction of sp³-hybridized carbons (Fsp3) is 0.556. The molecule has 1 heteroatoms. The molecule has 1 aromatic rings. The maximum Gasteiger partial charge on any atom is 0.0320 e. The first-order chi connectivity index (χ1) is 9.36. The molecule has 0 aromatic heterocycles. The lowest BCUT2D eigenvalue weighted by Crippen LogP contribution is -2.29. The van der Waals surface area contributed by atoms with Crippen molar-refractivity contribution in [3.8, 4) is 0 Å². The van der Waals surface area contributed by atoms with Gasteiger partial charge in [-0.15, -0.1) is 0 Å². The van der Waals surface area contributed by atoms with Gasteiger partial charge in [0.2, 0.25) is 0 Å². The molecule has 1 N–H and O–H groups in total. The van der Waals surface area contributed by atoms with E-state index in [4.69, 9.17) is 0 Å². The number of rotatable bonds is 6. The molecule has 2 bridgehead atoms. The van der Waals surface area contributed by atoms with E-state index in [1.54, 1.807) is 0 Å². The smallest absolute Gasteiger partial charge is 0.0320 e.